The molecule has 3 N–H and O–H groups in total. The van der Waals surface area contributed by atoms with Crippen molar-refractivity contribution in [3.63, 3.8) is 0 Å². The number of anilines is 2. The van der Waals surface area contributed by atoms with Crippen LogP contribution in [0.25, 0.3) is 0 Å². The SMILES string of the molecule is COc1nc(NCCNC(C)C)nc(OC)c1NC(=O)c1csc(Oc2cc3c(cc2C)CCC3(C)C)n1. The Morgan fingerprint density at radius 1 is 1.11 bits per heavy atom. The Bertz CT molecular complexity index is 1280. The van der Waals surface area contributed by atoms with Crippen LogP contribution in [-0.4, -0.2) is 54.2 Å². The molecule has 0 atom stereocenters. The molecule has 1 amide bonds. The van der Waals surface area contributed by atoms with Gasteiger partial charge >= 0.3 is 0 Å². The highest BCUT2D eigenvalue weighted by atomic mass is 32.1. The molecule has 3 aromatic rings. The van der Waals surface area contributed by atoms with Crippen LogP contribution in [0.4, 0.5) is 11.6 Å². The predicted octanol–water partition coefficient (Wildman–Crippen LogP) is 4.94. The smallest absolute Gasteiger partial charge is 0.279 e. The molecule has 0 spiro atoms. The molecule has 0 bridgehead atoms. The van der Waals surface area contributed by atoms with Gasteiger partial charge in [-0.3, -0.25) is 4.79 Å². The van der Waals surface area contributed by atoms with Gasteiger partial charge in [0.25, 0.3) is 11.1 Å². The van der Waals surface area contributed by atoms with Gasteiger partial charge < -0.3 is 30.2 Å². The summed E-state index contributed by atoms with van der Waals surface area (Å²) in [6.07, 6.45) is 2.20. The Morgan fingerprint density at radius 3 is 2.47 bits per heavy atom. The van der Waals surface area contributed by atoms with E-state index in [1.807, 2.05) is 6.92 Å². The van der Waals surface area contributed by atoms with Crippen LogP contribution in [0.1, 0.15) is 61.3 Å². The lowest BCUT2D eigenvalue weighted by Gasteiger charge is -2.20. The second-order valence-electron chi connectivity index (χ2n) is 10.2. The number of ether oxygens (including phenoxy) is 3. The zero-order valence-electron chi connectivity index (χ0n) is 23.0. The van der Waals surface area contributed by atoms with Gasteiger partial charge in [0.1, 0.15) is 11.4 Å². The van der Waals surface area contributed by atoms with Crippen molar-refractivity contribution in [2.75, 3.05) is 37.9 Å². The first-order chi connectivity index (χ1) is 18.1. The molecule has 38 heavy (non-hydrogen) atoms. The summed E-state index contributed by atoms with van der Waals surface area (Å²) in [5.41, 5.74) is 4.26. The molecule has 0 saturated heterocycles. The maximum absolute atomic E-state index is 13.1. The Labute approximate surface area is 227 Å². The number of fused-ring (bicyclic) bond motifs is 1. The third-order valence-corrected chi connectivity index (χ3v) is 7.21. The lowest BCUT2D eigenvalue weighted by molar-refractivity contribution is 0.102. The third-order valence-electron chi connectivity index (χ3n) is 6.49. The van der Waals surface area contributed by atoms with Gasteiger partial charge in [-0.05, 0) is 47.9 Å². The number of aromatic nitrogens is 3. The minimum Gasteiger partial charge on any atom is -0.479 e. The number of hydrogen-bond acceptors (Lipinski definition) is 10. The standard InChI is InChI=1S/C27H36N6O4S/c1-15(2)28-10-11-29-25-32-23(35-6)21(24(33-25)36-7)31-22(34)19-14-38-26(30-19)37-20-13-18-17(12-16(20)3)8-9-27(18,4)5/h12-15,28H,8-11H2,1-7H3,(H,31,34)(H,29,32,33). The van der Waals surface area contributed by atoms with Crippen molar-refractivity contribution in [2.45, 2.75) is 58.9 Å². The molecule has 1 aromatic carbocycles. The van der Waals surface area contributed by atoms with Gasteiger partial charge in [0, 0.05) is 24.5 Å². The van der Waals surface area contributed by atoms with Crippen molar-refractivity contribution in [3.8, 4) is 22.7 Å². The van der Waals surface area contributed by atoms with E-state index in [1.165, 1.54) is 36.7 Å². The molecule has 0 saturated carbocycles. The predicted molar refractivity (Wildman–Crippen MR) is 149 cm³/mol. The zero-order valence-corrected chi connectivity index (χ0v) is 23.8. The lowest BCUT2D eigenvalue weighted by Crippen LogP contribution is -2.28. The van der Waals surface area contributed by atoms with Gasteiger partial charge in [-0.15, -0.1) is 0 Å². The first kappa shape index (κ1) is 27.6. The van der Waals surface area contributed by atoms with E-state index in [-0.39, 0.29) is 28.6 Å². The number of aryl methyl sites for hydroxylation is 2. The van der Waals surface area contributed by atoms with E-state index in [0.29, 0.717) is 23.7 Å². The van der Waals surface area contributed by atoms with Crippen molar-refractivity contribution >= 4 is 28.9 Å². The van der Waals surface area contributed by atoms with Gasteiger partial charge in [0.05, 0.1) is 14.2 Å². The molecule has 4 rings (SSSR count). The number of methoxy groups -OCH3 is 2. The van der Waals surface area contributed by atoms with Crippen LogP contribution in [0.2, 0.25) is 0 Å². The van der Waals surface area contributed by atoms with Crippen molar-refractivity contribution in [3.05, 3.63) is 39.9 Å². The minimum atomic E-state index is -0.454. The number of carbonyl (C=O) groups excluding carboxylic acids is 1. The topological polar surface area (TPSA) is 120 Å². The largest absolute Gasteiger partial charge is 0.479 e. The number of rotatable bonds is 11. The third kappa shape index (κ3) is 6.16. The zero-order chi connectivity index (χ0) is 27.4. The maximum Gasteiger partial charge on any atom is 0.279 e. The van der Waals surface area contributed by atoms with Gasteiger partial charge in [0.15, 0.2) is 5.69 Å². The summed E-state index contributed by atoms with van der Waals surface area (Å²) < 4.78 is 16.9. The molecular weight excluding hydrogens is 504 g/mol. The van der Waals surface area contributed by atoms with Gasteiger partial charge in [-0.2, -0.15) is 15.0 Å². The van der Waals surface area contributed by atoms with E-state index in [9.17, 15) is 4.79 Å². The van der Waals surface area contributed by atoms with E-state index >= 15 is 0 Å². The Morgan fingerprint density at radius 2 is 1.82 bits per heavy atom. The summed E-state index contributed by atoms with van der Waals surface area (Å²) in [6, 6.07) is 4.68. The van der Waals surface area contributed by atoms with Crippen LogP contribution >= 0.6 is 11.3 Å². The summed E-state index contributed by atoms with van der Waals surface area (Å²) in [5, 5.41) is 11.2. The summed E-state index contributed by atoms with van der Waals surface area (Å²) in [6.45, 7) is 12.0. The van der Waals surface area contributed by atoms with Crippen LogP contribution in [0.5, 0.6) is 22.7 Å². The van der Waals surface area contributed by atoms with Crippen molar-refractivity contribution in [1.82, 2.24) is 20.3 Å². The number of hydrogen-bond donors (Lipinski definition) is 3. The second-order valence-corrected chi connectivity index (χ2v) is 11.0. The average molecular weight is 541 g/mol. The van der Waals surface area contributed by atoms with Crippen molar-refractivity contribution in [2.24, 2.45) is 0 Å². The lowest BCUT2D eigenvalue weighted by atomic mass is 9.86. The monoisotopic (exact) mass is 540 g/mol. The fourth-order valence-electron chi connectivity index (χ4n) is 4.39. The molecule has 0 unspecified atom stereocenters. The molecule has 11 heteroatoms. The summed E-state index contributed by atoms with van der Waals surface area (Å²) in [7, 11) is 2.94. The summed E-state index contributed by atoms with van der Waals surface area (Å²) >= 11 is 1.26. The van der Waals surface area contributed by atoms with Crippen LogP contribution in [0.15, 0.2) is 17.5 Å². The van der Waals surface area contributed by atoms with Crippen LogP contribution < -0.4 is 30.2 Å². The Balaban J connectivity index is 1.47. The molecule has 10 nitrogen and oxygen atoms in total. The highest BCUT2D eigenvalue weighted by Crippen LogP contribution is 2.42. The molecule has 0 radical (unpaired) electrons. The number of carbonyl (C=O) groups is 1. The van der Waals surface area contributed by atoms with E-state index in [1.54, 1.807) is 5.38 Å². The molecule has 204 valence electrons. The molecule has 1 aliphatic rings. The number of benzene rings is 1. The first-order valence-corrected chi connectivity index (χ1v) is 13.5. The fraction of sp³-hybridized carbons (Fsp3) is 0.481. The normalized spacial score (nSPS) is 13.8. The van der Waals surface area contributed by atoms with Gasteiger partial charge in [-0.25, -0.2) is 0 Å². The van der Waals surface area contributed by atoms with E-state index in [0.717, 1.165) is 30.7 Å². The fourth-order valence-corrected chi connectivity index (χ4v) is 5.05. The summed E-state index contributed by atoms with van der Waals surface area (Å²) in [4.78, 5) is 26.2. The quantitative estimate of drug-likeness (QED) is 0.291. The first-order valence-electron chi connectivity index (χ1n) is 12.7. The minimum absolute atomic E-state index is 0.116. The second kappa shape index (κ2) is 11.5. The van der Waals surface area contributed by atoms with Crippen molar-refractivity contribution < 1.29 is 19.0 Å². The number of amides is 1. The molecule has 2 aromatic heterocycles. The number of thiazole rings is 1. The van der Waals surface area contributed by atoms with Gasteiger partial charge in [-0.1, -0.05) is 45.1 Å². The van der Waals surface area contributed by atoms with Crippen LogP contribution in [0.3, 0.4) is 0 Å². The Hall–Kier alpha value is -3.44. The van der Waals surface area contributed by atoms with E-state index in [4.69, 9.17) is 14.2 Å². The molecular formula is C27H36N6O4S. The highest BCUT2D eigenvalue weighted by molar-refractivity contribution is 7.11. The summed E-state index contributed by atoms with van der Waals surface area (Å²) in [5.74, 6) is 0.980. The Kier molecular flexibility index (Phi) is 8.37. The van der Waals surface area contributed by atoms with E-state index in [2.05, 4.69) is 70.7 Å². The van der Waals surface area contributed by atoms with Crippen molar-refractivity contribution in [1.29, 1.82) is 0 Å². The van der Waals surface area contributed by atoms with Crippen LogP contribution in [-0.2, 0) is 11.8 Å². The number of nitrogens with one attached hydrogen (secondary N) is 3. The average Bonchev–Trinajstić information content (AvgIpc) is 3.46. The van der Waals surface area contributed by atoms with Crippen LogP contribution in [0, 0.1) is 6.92 Å². The van der Waals surface area contributed by atoms with E-state index < -0.39 is 5.91 Å². The number of nitrogens with zero attached hydrogens (tertiary/aromatic N) is 3. The molecule has 2 heterocycles. The molecule has 0 fully saturated rings. The van der Waals surface area contributed by atoms with Gasteiger partial charge in [0.2, 0.25) is 17.7 Å². The highest BCUT2D eigenvalue weighted by Gasteiger charge is 2.31. The maximum atomic E-state index is 13.1. The molecule has 0 aliphatic heterocycles. The molecule has 1 aliphatic carbocycles.